The molecule has 7 heteroatoms. The van der Waals surface area contributed by atoms with Gasteiger partial charge in [0.25, 0.3) is 0 Å². The maximum atomic E-state index is 6.21. The molecule has 4 heterocycles. The van der Waals surface area contributed by atoms with Crippen molar-refractivity contribution in [2.24, 2.45) is 14.1 Å². The number of hydrogen-bond acceptors (Lipinski definition) is 5. The van der Waals surface area contributed by atoms with Gasteiger partial charge in [-0.3, -0.25) is 4.68 Å². The first kappa shape index (κ1) is 15.8. The van der Waals surface area contributed by atoms with Crippen LogP contribution in [0.1, 0.15) is 11.3 Å². The van der Waals surface area contributed by atoms with Crippen LogP contribution < -0.4 is 5.73 Å². The van der Waals surface area contributed by atoms with Crippen LogP contribution in [0.5, 0.6) is 0 Å². The molecule has 0 saturated heterocycles. The second-order valence-corrected chi connectivity index (χ2v) is 6.17. The van der Waals surface area contributed by atoms with Crippen molar-refractivity contribution in [2.75, 3.05) is 5.73 Å². The van der Waals surface area contributed by atoms with Crippen molar-refractivity contribution in [2.45, 2.75) is 6.92 Å². The molecule has 26 heavy (non-hydrogen) atoms. The molecule has 0 atom stereocenters. The van der Waals surface area contributed by atoms with E-state index < -0.39 is 0 Å². The molecule has 7 nitrogen and oxygen atoms in total. The lowest BCUT2D eigenvalue weighted by Crippen LogP contribution is -1.97. The molecule has 4 aromatic heterocycles. The molecule has 0 unspecified atom stereocenters. The number of nitrogens with two attached hydrogens (primary N) is 1. The van der Waals surface area contributed by atoms with Gasteiger partial charge >= 0.3 is 0 Å². The normalized spacial score (nSPS) is 11.0. The van der Waals surface area contributed by atoms with Crippen LogP contribution in [0, 0.1) is 19.3 Å². The molecule has 0 aliphatic carbocycles. The van der Waals surface area contributed by atoms with Crippen molar-refractivity contribution in [3.8, 4) is 34.7 Å². The minimum atomic E-state index is 0.432. The second-order valence-electron chi connectivity index (χ2n) is 6.17. The van der Waals surface area contributed by atoms with Crippen molar-refractivity contribution in [1.82, 2.24) is 29.3 Å². The van der Waals surface area contributed by atoms with E-state index >= 15 is 0 Å². The molecule has 0 fully saturated rings. The first-order valence-corrected chi connectivity index (χ1v) is 8.02. The quantitative estimate of drug-likeness (QED) is 0.564. The van der Waals surface area contributed by atoms with Gasteiger partial charge in [0.15, 0.2) is 0 Å². The van der Waals surface area contributed by atoms with E-state index in [2.05, 4.69) is 26.0 Å². The summed E-state index contributed by atoms with van der Waals surface area (Å²) in [7, 11) is 3.83. The molecule has 4 rings (SSSR count). The van der Waals surface area contributed by atoms with Crippen LogP contribution in [-0.4, -0.2) is 29.3 Å². The number of aromatic nitrogens is 6. The highest BCUT2D eigenvalue weighted by Crippen LogP contribution is 2.41. The largest absolute Gasteiger partial charge is 0.383 e. The third-order valence-electron chi connectivity index (χ3n) is 4.50. The Morgan fingerprint density at radius 1 is 1.15 bits per heavy atom. The molecular formula is C19H17N7. The zero-order valence-electron chi connectivity index (χ0n) is 14.7. The zero-order valence-corrected chi connectivity index (χ0v) is 14.7. The lowest BCUT2D eigenvalue weighted by atomic mass is 9.99. The maximum absolute atomic E-state index is 6.21. The Bertz CT molecular complexity index is 1190. The molecule has 0 amide bonds. The molecule has 2 N–H and O–H groups in total. The Balaban J connectivity index is 2.14. The van der Waals surface area contributed by atoms with Crippen LogP contribution in [0.4, 0.5) is 5.82 Å². The Kier molecular flexibility index (Phi) is 3.48. The van der Waals surface area contributed by atoms with Gasteiger partial charge in [0.2, 0.25) is 0 Å². The van der Waals surface area contributed by atoms with E-state index in [-0.39, 0.29) is 0 Å². The molecule has 0 radical (unpaired) electrons. The minimum Gasteiger partial charge on any atom is -0.383 e. The summed E-state index contributed by atoms with van der Waals surface area (Å²) < 4.78 is 3.76. The minimum absolute atomic E-state index is 0.432. The predicted octanol–water partition coefficient (Wildman–Crippen LogP) is 2.30. The SMILES string of the molecule is C#Cc1cc(C)c(-c2c(-c3cnn(C)c3)c3c(N)ncnc3n2C)cn1. The Labute approximate surface area is 150 Å². The third kappa shape index (κ3) is 2.24. The summed E-state index contributed by atoms with van der Waals surface area (Å²) in [6.07, 6.45) is 12.5. The van der Waals surface area contributed by atoms with Crippen molar-refractivity contribution in [1.29, 1.82) is 0 Å². The lowest BCUT2D eigenvalue weighted by molar-refractivity contribution is 0.768. The first-order valence-electron chi connectivity index (χ1n) is 8.02. The van der Waals surface area contributed by atoms with Gasteiger partial charge < -0.3 is 10.3 Å². The molecule has 0 bridgehead atoms. The number of aryl methyl sites for hydroxylation is 3. The summed E-state index contributed by atoms with van der Waals surface area (Å²) >= 11 is 0. The summed E-state index contributed by atoms with van der Waals surface area (Å²) in [5.74, 6) is 3.00. The number of terminal acetylenes is 1. The van der Waals surface area contributed by atoms with E-state index in [1.54, 1.807) is 10.9 Å². The Morgan fingerprint density at radius 2 is 1.96 bits per heavy atom. The standard InChI is InChI=1S/C19H17N7/c1-5-13-6-11(2)14(8-21-13)17-15(12-7-24-25(3)9-12)16-18(20)22-10-23-19(16)26(17)4/h1,6-10H,2-4H3,(H2,20,22,23). The highest BCUT2D eigenvalue weighted by Gasteiger charge is 2.23. The Hall–Kier alpha value is -3.66. The van der Waals surface area contributed by atoms with E-state index in [1.807, 2.05) is 44.0 Å². The van der Waals surface area contributed by atoms with Gasteiger partial charge in [-0.25, -0.2) is 15.0 Å². The van der Waals surface area contributed by atoms with Crippen LogP contribution in [0.15, 0.2) is 31.0 Å². The average Bonchev–Trinajstić information content (AvgIpc) is 3.17. The van der Waals surface area contributed by atoms with Crippen LogP contribution >= 0.6 is 0 Å². The van der Waals surface area contributed by atoms with Gasteiger partial charge in [-0.05, 0) is 18.6 Å². The number of nitrogens with zero attached hydrogens (tertiary/aromatic N) is 6. The third-order valence-corrected chi connectivity index (χ3v) is 4.50. The fourth-order valence-corrected chi connectivity index (χ4v) is 3.31. The smallest absolute Gasteiger partial charge is 0.146 e. The summed E-state index contributed by atoms with van der Waals surface area (Å²) in [5.41, 5.74) is 12.4. The number of anilines is 1. The molecule has 0 aromatic carbocycles. The van der Waals surface area contributed by atoms with Gasteiger partial charge in [0, 0.05) is 43.2 Å². The monoisotopic (exact) mass is 343 g/mol. The second kappa shape index (κ2) is 5.70. The fourth-order valence-electron chi connectivity index (χ4n) is 3.31. The summed E-state index contributed by atoms with van der Waals surface area (Å²) in [5, 5.41) is 5.11. The number of pyridine rings is 1. The molecule has 4 aromatic rings. The highest BCUT2D eigenvalue weighted by atomic mass is 15.2. The maximum Gasteiger partial charge on any atom is 0.146 e. The van der Waals surface area contributed by atoms with Crippen molar-refractivity contribution >= 4 is 16.9 Å². The molecule has 0 spiro atoms. The zero-order chi connectivity index (χ0) is 18.4. The van der Waals surface area contributed by atoms with Crippen LogP contribution in [0.3, 0.4) is 0 Å². The molecule has 0 aliphatic heterocycles. The van der Waals surface area contributed by atoms with E-state index in [1.165, 1.54) is 6.33 Å². The van der Waals surface area contributed by atoms with E-state index in [0.29, 0.717) is 11.5 Å². The first-order chi connectivity index (χ1) is 12.5. The lowest BCUT2D eigenvalue weighted by Gasteiger charge is -2.10. The topological polar surface area (TPSA) is 87.4 Å². The molecular weight excluding hydrogens is 326 g/mol. The van der Waals surface area contributed by atoms with Gasteiger partial charge in [-0.15, -0.1) is 6.42 Å². The summed E-state index contributed by atoms with van der Waals surface area (Å²) in [6, 6.07) is 1.90. The predicted molar refractivity (Wildman–Crippen MR) is 101 cm³/mol. The average molecular weight is 343 g/mol. The number of hydrogen-bond donors (Lipinski definition) is 1. The summed E-state index contributed by atoms with van der Waals surface area (Å²) in [6.45, 7) is 2.01. The van der Waals surface area contributed by atoms with Gasteiger partial charge in [-0.2, -0.15) is 5.10 Å². The highest BCUT2D eigenvalue weighted by molar-refractivity contribution is 6.07. The van der Waals surface area contributed by atoms with Crippen LogP contribution in [-0.2, 0) is 14.1 Å². The van der Waals surface area contributed by atoms with Gasteiger partial charge in [0.05, 0.1) is 17.3 Å². The number of rotatable bonds is 2. The van der Waals surface area contributed by atoms with Gasteiger partial charge in [0.1, 0.15) is 23.5 Å². The van der Waals surface area contributed by atoms with Crippen molar-refractivity contribution in [3.05, 3.63) is 42.2 Å². The van der Waals surface area contributed by atoms with E-state index in [4.69, 9.17) is 12.2 Å². The molecule has 0 saturated carbocycles. The van der Waals surface area contributed by atoms with Crippen LogP contribution in [0.2, 0.25) is 0 Å². The van der Waals surface area contributed by atoms with E-state index in [9.17, 15) is 0 Å². The van der Waals surface area contributed by atoms with E-state index in [0.717, 1.165) is 39.0 Å². The number of fused-ring (bicyclic) bond motifs is 1. The van der Waals surface area contributed by atoms with Crippen LogP contribution in [0.25, 0.3) is 33.4 Å². The van der Waals surface area contributed by atoms with Crippen molar-refractivity contribution < 1.29 is 0 Å². The van der Waals surface area contributed by atoms with Crippen molar-refractivity contribution in [3.63, 3.8) is 0 Å². The Morgan fingerprint density at radius 3 is 2.62 bits per heavy atom. The number of nitrogen functional groups attached to an aromatic ring is 1. The molecule has 128 valence electrons. The summed E-state index contributed by atoms with van der Waals surface area (Å²) in [4.78, 5) is 13.0. The van der Waals surface area contributed by atoms with Gasteiger partial charge in [-0.1, -0.05) is 5.92 Å². The fraction of sp³-hybridized carbons (Fsp3) is 0.158. The molecule has 0 aliphatic rings.